The van der Waals surface area contributed by atoms with Crippen molar-refractivity contribution in [1.29, 1.82) is 0 Å². The molecule has 0 atom stereocenters. The van der Waals surface area contributed by atoms with Gasteiger partial charge in [-0.05, 0) is 30.8 Å². The van der Waals surface area contributed by atoms with Crippen molar-refractivity contribution in [2.45, 2.75) is 20.4 Å². The van der Waals surface area contributed by atoms with E-state index in [-0.39, 0.29) is 0 Å². The third-order valence-corrected chi connectivity index (χ3v) is 3.72. The Kier molecular flexibility index (Phi) is 6.14. The predicted molar refractivity (Wildman–Crippen MR) is 83.5 cm³/mol. The number of benzene rings is 1. The van der Waals surface area contributed by atoms with Gasteiger partial charge in [-0.3, -0.25) is 0 Å². The van der Waals surface area contributed by atoms with Crippen LogP contribution in [-0.2, 0) is 6.54 Å². The Morgan fingerprint density at radius 2 is 1.95 bits per heavy atom. The summed E-state index contributed by atoms with van der Waals surface area (Å²) < 4.78 is 16.6. The molecule has 5 nitrogen and oxygen atoms in total. The summed E-state index contributed by atoms with van der Waals surface area (Å²) in [5.41, 5.74) is 1.15. The Morgan fingerprint density at radius 1 is 1.19 bits per heavy atom. The van der Waals surface area contributed by atoms with Gasteiger partial charge in [-0.25, -0.2) is 0 Å². The average molecular weight is 294 g/mol. The van der Waals surface area contributed by atoms with E-state index in [2.05, 4.69) is 24.1 Å². The lowest BCUT2D eigenvalue weighted by Crippen LogP contribution is -2.31. The van der Waals surface area contributed by atoms with Crippen molar-refractivity contribution in [3.05, 3.63) is 17.7 Å². The summed E-state index contributed by atoms with van der Waals surface area (Å²) in [4.78, 5) is 2.40. The van der Waals surface area contributed by atoms with Gasteiger partial charge in [0.05, 0.1) is 7.11 Å². The van der Waals surface area contributed by atoms with E-state index in [0.717, 1.165) is 55.5 Å². The number of ether oxygens (including phenoxy) is 3. The first-order chi connectivity index (χ1) is 10.3. The van der Waals surface area contributed by atoms with E-state index in [9.17, 15) is 0 Å². The highest BCUT2D eigenvalue weighted by Gasteiger charge is 2.18. The summed E-state index contributed by atoms with van der Waals surface area (Å²) in [6.07, 6.45) is 0. The molecule has 21 heavy (non-hydrogen) atoms. The molecule has 0 unspecified atom stereocenters. The summed E-state index contributed by atoms with van der Waals surface area (Å²) >= 11 is 0. The van der Waals surface area contributed by atoms with Gasteiger partial charge in [-0.2, -0.15) is 0 Å². The highest BCUT2D eigenvalue weighted by atomic mass is 16.6. The maximum atomic E-state index is 5.64. The molecule has 1 aromatic rings. The Bertz CT molecular complexity index is 430. The first-order valence-corrected chi connectivity index (χ1v) is 7.68. The standard InChI is InChI=1S/C16H26N2O3/c1-4-18(5-2)7-6-17-12-13-10-14(19-3)16-15(11-13)20-8-9-21-16/h10-11,17H,4-9,12H2,1-3H3. The van der Waals surface area contributed by atoms with E-state index in [4.69, 9.17) is 14.2 Å². The van der Waals surface area contributed by atoms with Crippen LogP contribution in [0.2, 0.25) is 0 Å². The van der Waals surface area contributed by atoms with Crippen molar-refractivity contribution in [1.82, 2.24) is 10.2 Å². The van der Waals surface area contributed by atoms with Crippen molar-refractivity contribution < 1.29 is 14.2 Å². The van der Waals surface area contributed by atoms with Crippen LogP contribution in [0.5, 0.6) is 17.2 Å². The van der Waals surface area contributed by atoms with E-state index in [1.54, 1.807) is 7.11 Å². The average Bonchev–Trinajstić information content (AvgIpc) is 2.54. The largest absolute Gasteiger partial charge is 0.493 e. The molecule has 0 bridgehead atoms. The molecule has 0 aliphatic carbocycles. The van der Waals surface area contributed by atoms with E-state index in [0.29, 0.717) is 13.2 Å². The molecular formula is C16H26N2O3. The van der Waals surface area contributed by atoms with Crippen LogP contribution in [0.3, 0.4) is 0 Å². The highest BCUT2D eigenvalue weighted by Crippen LogP contribution is 2.40. The first kappa shape index (κ1) is 15.9. The second-order valence-electron chi connectivity index (χ2n) is 5.03. The van der Waals surface area contributed by atoms with E-state index in [1.165, 1.54) is 0 Å². The van der Waals surface area contributed by atoms with Gasteiger partial charge in [0.1, 0.15) is 13.2 Å². The maximum Gasteiger partial charge on any atom is 0.203 e. The molecule has 5 heteroatoms. The number of hydrogen-bond acceptors (Lipinski definition) is 5. The van der Waals surface area contributed by atoms with E-state index < -0.39 is 0 Å². The number of nitrogens with zero attached hydrogens (tertiary/aromatic N) is 1. The number of likely N-dealkylation sites (N-methyl/N-ethyl adjacent to an activating group) is 1. The van der Waals surface area contributed by atoms with Gasteiger partial charge in [0.15, 0.2) is 11.5 Å². The minimum atomic E-state index is 0.574. The van der Waals surface area contributed by atoms with Gasteiger partial charge in [0.2, 0.25) is 5.75 Å². The summed E-state index contributed by atoms with van der Waals surface area (Å²) in [5, 5.41) is 3.47. The van der Waals surface area contributed by atoms with Gasteiger partial charge < -0.3 is 24.4 Å². The van der Waals surface area contributed by atoms with Gasteiger partial charge in [0.25, 0.3) is 0 Å². The Balaban J connectivity index is 1.91. The number of hydrogen-bond donors (Lipinski definition) is 1. The van der Waals surface area contributed by atoms with Crippen molar-refractivity contribution in [3.8, 4) is 17.2 Å². The molecule has 0 saturated carbocycles. The molecular weight excluding hydrogens is 268 g/mol. The fourth-order valence-corrected chi connectivity index (χ4v) is 2.44. The summed E-state index contributed by atoms with van der Waals surface area (Å²) in [5.74, 6) is 2.24. The number of nitrogens with one attached hydrogen (secondary N) is 1. The van der Waals surface area contributed by atoms with E-state index >= 15 is 0 Å². The molecule has 1 aliphatic rings. The fraction of sp³-hybridized carbons (Fsp3) is 0.625. The molecule has 0 spiro atoms. The van der Waals surface area contributed by atoms with Crippen LogP contribution in [0.1, 0.15) is 19.4 Å². The van der Waals surface area contributed by atoms with Gasteiger partial charge in [0, 0.05) is 19.6 Å². The minimum absolute atomic E-state index is 0.574. The van der Waals surface area contributed by atoms with Gasteiger partial charge in [-0.1, -0.05) is 13.8 Å². The first-order valence-electron chi connectivity index (χ1n) is 7.68. The molecule has 118 valence electrons. The fourth-order valence-electron chi connectivity index (χ4n) is 2.44. The Morgan fingerprint density at radius 3 is 2.67 bits per heavy atom. The molecule has 2 rings (SSSR count). The lowest BCUT2D eigenvalue weighted by molar-refractivity contribution is 0.165. The third-order valence-electron chi connectivity index (χ3n) is 3.72. The smallest absolute Gasteiger partial charge is 0.203 e. The van der Waals surface area contributed by atoms with Crippen molar-refractivity contribution in [3.63, 3.8) is 0 Å². The topological polar surface area (TPSA) is 43.0 Å². The zero-order valence-corrected chi connectivity index (χ0v) is 13.3. The van der Waals surface area contributed by atoms with Gasteiger partial charge >= 0.3 is 0 Å². The summed E-state index contributed by atoms with van der Waals surface area (Å²) in [6.45, 7) is 10.6. The zero-order valence-electron chi connectivity index (χ0n) is 13.3. The maximum absolute atomic E-state index is 5.64. The van der Waals surface area contributed by atoms with Crippen LogP contribution < -0.4 is 19.5 Å². The molecule has 1 aliphatic heterocycles. The van der Waals surface area contributed by atoms with Crippen molar-refractivity contribution >= 4 is 0 Å². The van der Waals surface area contributed by atoms with Crippen LogP contribution >= 0.6 is 0 Å². The molecule has 0 aromatic heterocycles. The summed E-state index contributed by atoms with van der Waals surface area (Å²) in [7, 11) is 1.66. The SMILES string of the molecule is CCN(CC)CCNCc1cc(OC)c2c(c1)OCCO2. The second-order valence-corrected chi connectivity index (χ2v) is 5.03. The monoisotopic (exact) mass is 294 g/mol. The molecule has 1 heterocycles. The third kappa shape index (κ3) is 4.25. The normalized spacial score (nSPS) is 13.5. The second kappa shape index (κ2) is 8.10. The van der Waals surface area contributed by atoms with Gasteiger partial charge in [-0.15, -0.1) is 0 Å². The molecule has 0 saturated heterocycles. The number of rotatable bonds is 8. The number of methoxy groups -OCH3 is 1. The van der Waals surface area contributed by atoms with Crippen LogP contribution in [0.15, 0.2) is 12.1 Å². The van der Waals surface area contributed by atoms with Crippen molar-refractivity contribution in [2.75, 3.05) is 46.5 Å². The minimum Gasteiger partial charge on any atom is -0.493 e. The predicted octanol–water partition coefficient (Wildman–Crippen LogP) is 1.90. The quantitative estimate of drug-likeness (QED) is 0.742. The molecule has 1 N–H and O–H groups in total. The molecule has 0 radical (unpaired) electrons. The van der Waals surface area contributed by atoms with Crippen LogP contribution in [0.25, 0.3) is 0 Å². The lowest BCUT2D eigenvalue weighted by atomic mass is 10.1. The van der Waals surface area contributed by atoms with Crippen molar-refractivity contribution in [2.24, 2.45) is 0 Å². The van der Waals surface area contributed by atoms with Crippen LogP contribution in [-0.4, -0.2) is 51.4 Å². The van der Waals surface area contributed by atoms with E-state index in [1.807, 2.05) is 12.1 Å². The Hall–Kier alpha value is -1.46. The Labute approximate surface area is 127 Å². The molecule has 0 amide bonds. The molecule has 0 fully saturated rings. The lowest BCUT2D eigenvalue weighted by Gasteiger charge is -2.22. The molecule has 1 aromatic carbocycles. The van der Waals surface area contributed by atoms with Crippen LogP contribution in [0.4, 0.5) is 0 Å². The number of fused-ring (bicyclic) bond motifs is 1. The highest BCUT2D eigenvalue weighted by molar-refractivity contribution is 5.54. The zero-order chi connectivity index (χ0) is 15.1. The summed E-state index contributed by atoms with van der Waals surface area (Å²) in [6, 6.07) is 4.04. The van der Waals surface area contributed by atoms with Crippen LogP contribution in [0, 0.1) is 0 Å².